The molecular formula is C13H22N2O4. The molecule has 0 aromatic rings. The number of urea groups is 1. The van der Waals surface area contributed by atoms with Gasteiger partial charge in [-0.25, -0.2) is 9.59 Å². The van der Waals surface area contributed by atoms with Gasteiger partial charge in [0.1, 0.15) is 0 Å². The molecule has 1 saturated carbocycles. The first-order chi connectivity index (χ1) is 9.02. The summed E-state index contributed by atoms with van der Waals surface area (Å²) >= 11 is 0. The first-order valence-corrected chi connectivity index (χ1v) is 6.89. The van der Waals surface area contributed by atoms with Crippen LogP contribution in [0.3, 0.4) is 0 Å². The summed E-state index contributed by atoms with van der Waals surface area (Å²) in [6.07, 6.45) is 3.79. The van der Waals surface area contributed by atoms with Crippen LogP contribution in [0.5, 0.6) is 0 Å². The second kappa shape index (κ2) is 5.77. The summed E-state index contributed by atoms with van der Waals surface area (Å²) in [5.74, 6) is 0.208. The highest BCUT2D eigenvalue weighted by Crippen LogP contribution is 2.29. The fourth-order valence-electron chi connectivity index (χ4n) is 2.89. The summed E-state index contributed by atoms with van der Waals surface area (Å²) in [5, 5.41) is 14.5. The highest BCUT2D eigenvalue weighted by Gasteiger charge is 2.44. The number of carboxylic acid groups (broad SMARTS) is 1. The number of rotatable bonds is 4. The van der Waals surface area contributed by atoms with Gasteiger partial charge in [0, 0.05) is 19.6 Å². The highest BCUT2D eigenvalue weighted by atomic mass is 16.5. The van der Waals surface area contributed by atoms with Gasteiger partial charge in [-0.15, -0.1) is 0 Å². The molecule has 6 heteroatoms. The van der Waals surface area contributed by atoms with E-state index in [2.05, 4.69) is 17.6 Å². The van der Waals surface area contributed by atoms with E-state index in [1.807, 2.05) is 0 Å². The fourth-order valence-corrected chi connectivity index (χ4v) is 2.89. The first-order valence-electron chi connectivity index (χ1n) is 6.89. The maximum absolute atomic E-state index is 11.8. The van der Waals surface area contributed by atoms with Gasteiger partial charge in [-0.2, -0.15) is 0 Å². The Bertz CT molecular complexity index is 353. The van der Waals surface area contributed by atoms with Gasteiger partial charge >= 0.3 is 12.0 Å². The molecule has 3 N–H and O–H groups in total. The Morgan fingerprint density at radius 2 is 2.21 bits per heavy atom. The zero-order valence-electron chi connectivity index (χ0n) is 11.3. The van der Waals surface area contributed by atoms with Crippen LogP contribution in [0.4, 0.5) is 4.79 Å². The van der Waals surface area contributed by atoms with Gasteiger partial charge in [-0.05, 0) is 24.7 Å². The van der Waals surface area contributed by atoms with Gasteiger partial charge in [-0.1, -0.05) is 13.3 Å². The maximum Gasteiger partial charge on any atom is 0.332 e. The van der Waals surface area contributed by atoms with Crippen molar-refractivity contribution in [3.8, 4) is 0 Å². The maximum atomic E-state index is 11.8. The minimum absolute atomic E-state index is 0.0379. The van der Waals surface area contributed by atoms with Gasteiger partial charge in [-0.3, -0.25) is 0 Å². The topological polar surface area (TPSA) is 87.7 Å². The van der Waals surface area contributed by atoms with Crippen LogP contribution in [0, 0.1) is 11.8 Å². The Balaban J connectivity index is 1.78. The summed E-state index contributed by atoms with van der Waals surface area (Å²) in [6, 6.07) is -0.410. The molecule has 1 heterocycles. The number of nitrogens with one attached hydrogen (secondary N) is 2. The van der Waals surface area contributed by atoms with Crippen molar-refractivity contribution in [2.75, 3.05) is 19.8 Å². The third-order valence-electron chi connectivity index (χ3n) is 4.14. The van der Waals surface area contributed by atoms with E-state index in [4.69, 9.17) is 4.74 Å². The molecule has 0 spiro atoms. The predicted molar refractivity (Wildman–Crippen MR) is 68.8 cm³/mol. The minimum atomic E-state index is -1.26. The second-order valence-electron chi connectivity index (χ2n) is 5.81. The third kappa shape index (κ3) is 3.37. The number of carboxylic acids is 1. The smallest absolute Gasteiger partial charge is 0.332 e. The van der Waals surface area contributed by atoms with Crippen LogP contribution in [-0.2, 0) is 9.53 Å². The lowest BCUT2D eigenvalue weighted by Gasteiger charge is -2.24. The highest BCUT2D eigenvalue weighted by molar-refractivity contribution is 5.86. The number of amides is 2. The average molecular weight is 270 g/mol. The molecule has 2 rings (SSSR count). The molecule has 108 valence electrons. The summed E-state index contributed by atoms with van der Waals surface area (Å²) in [5.41, 5.74) is -1.26. The predicted octanol–water partition coefficient (Wildman–Crippen LogP) is 0.965. The Morgan fingerprint density at radius 1 is 1.42 bits per heavy atom. The molecule has 0 radical (unpaired) electrons. The van der Waals surface area contributed by atoms with E-state index in [1.165, 1.54) is 6.42 Å². The molecule has 0 aromatic carbocycles. The van der Waals surface area contributed by atoms with Crippen LogP contribution in [0.1, 0.15) is 32.6 Å². The van der Waals surface area contributed by atoms with Gasteiger partial charge in [0.25, 0.3) is 0 Å². The van der Waals surface area contributed by atoms with E-state index in [9.17, 15) is 14.7 Å². The molecule has 2 fully saturated rings. The molecule has 2 aliphatic rings. The minimum Gasteiger partial charge on any atom is -0.479 e. The number of hydrogen-bond donors (Lipinski definition) is 3. The summed E-state index contributed by atoms with van der Waals surface area (Å²) < 4.78 is 5.09. The van der Waals surface area contributed by atoms with Gasteiger partial charge in [0.15, 0.2) is 5.54 Å². The van der Waals surface area contributed by atoms with E-state index in [0.717, 1.165) is 18.8 Å². The van der Waals surface area contributed by atoms with Gasteiger partial charge in [0.05, 0.1) is 6.61 Å². The van der Waals surface area contributed by atoms with E-state index in [-0.39, 0.29) is 6.61 Å². The van der Waals surface area contributed by atoms with E-state index < -0.39 is 17.5 Å². The molecule has 3 unspecified atom stereocenters. The zero-order chi connectivity index (χ0) is 13.9. The van der Waals surface area contributed by atoms with Crippen molar-refractivity contribution in [1.82, 2.24) is 10.6 Å². The van der Waals surface area contributed by atoms with Gasteiger partial charge < -0.3 is 20.5 Å². The van der Waals surface area contributed by atoms with Crippen LogP contribution >= 0.6 is 0 Å². The molecule has 19 heavy (non-hydrogen) atoms. The van der Waals surface area contributed by atoms with E-state index in [0.29, 0.717) is 25.5 Å². The summed E-state index contributed by atoms with van der Waals surface area (Å²) in [7, 11) is 0. The fraction of sp³-hybridized carbons (Fsp3) is 0.846. The summed E-state index contributed by atoms with van der Waals surface area (Å²) in [4.78, 5) is 23.0. The first kappa shape index (κ1) is 14.1. The SMILES string of the molecule is CC1CCC(CNC(=O)NC2(C(=O)O)CCOC2)C1. The summed E-state index contributed by atoms with van der Waals surface area (Å²) in [6.45, 7) is 3.24. The number of ether oxygens (including phenoxy) is 1. The van der Waals surface area contributed by atoms with Crippen molar-refractivity contribution in [3.05, 3.63) is 0 Å². The van der Waals surface area contributed by atoms with Crippen LogP contribution in [0.15, 0.2) is 0 Å². The van der Waals surface area contributed by atoms with Crippen LogP contribution in [-0.4, -0.2) is 42.4 Å². The lowest BCUT2D eigenvalue weighted by Crippen LogP contribution is -2.58. The normalized spacial score (nSPS) is 34.2. The van der Waals surface area contributed by atoms with E-state index in [1.54, 1.807) is 0 Å². The Morgan fingerprint density at radius 3 is 2.74 bits per heavy atom. The molecule has 3 atom stereocenters. The van der Waals surface area contributed by atoms with Crippen molar-refractivity contribution in [1.29, 1.82) is 0 Å². The van der Waals surface area contributed by atoms with Gasteiger partial charge in [0.2, 0.25) is 0 Å². The molecule has 1 aliphatic heterocycles. The average Bonchev–Trinajstić information content (AvgIpc) is 2.97. The lowest BCUT2D eigenvalue weighted by molar-refractivity contribution is -0.144. The van der Waals surface area contributed by atoms with Crippen LogP contribution in [0.25, 0.3) is 0 Å². The van der Waals surface area contributed by atoms with Crippen LogP contribution in [0.2, 0.25) is 0 Å². The number of hydrogen-bond acceptors (Lipinski definition) is 3. The Hall–Kier alpha value is -1.30. The number of carbonyl (C=O) groups is 2. The molecule has 0 bridgehead atoms. The monoisotopic (exact) mass is 270 g/mol. The zero-order valence-corrected chi connectivity index (χ0v) is 11.3. The largest absolute Gasteiger partial charge is 0.479 e. The third-order valence-corrected chi connectivity index (χ3v) is 4.14. The van der Waals surface area contributed by atoms with Crippen molar-refractivity contribution in [3.63, 3.8) is 0 Å². The Kier molecular flexibility index (Phi) is 4.29. The lowest BCUT2D eigenvalue weighted by atomic mass is 9.99. The quantitative estimate of drug-likeness (QED) is 0.710. The second-order valence-corrected chi connectivity index (χ2v) is 5.81. The number of aliphatic carboxylic acids is 1. The van der Waals surface area contributed by atoms with Crippen molar-refractivity contribution >= 4 is 12.0 Å². The molecular weight excluding hydrogens is 248 g/mol. The van der Waals surface area contributed by atoms with Crippen molar-refractivity contribution in [2.45, 2.75) is 38.1 Å². The van der Waals surface area contributed by atoms with Crippen molar-refractivity contribution < 1.29 is 19.4 Å². The molecule has 1 saturated heterocycles. The Labute approximate surface area is 112 Å². The molecule has 2 amide bonds. The number of carbonyl (C=O) groups excluding carboxylic acids is 1. The van der Waals surface area contributed by atoms with Crippen LogP contribution < -0.4 is 10.6 Å². The molecule has 0 aromatic heterocycles. The van der Waals surface area contributed by atoms with Crippen molar-refractivity contribution in [2.24, 2.45) is 11.8 Å². The molecule has 6 nitrogen and oxygen atoms in total. The standard InChI is InChI=1S/C13H22N2O4/c1-9-2-3-10(6-9)7-14-12(18)15-13(11(16)17)4-5-19-8-13/h9-10H,2-8H2,1H3,(H,16,17)(H2,14,15,18). The molecule has 1 aliphatic carbocycles. The van der Waals surface area contributed by atoms with E-state index >= 15 is 0 Å².